The Morgan fingerprint density at radius 3 is 2.08 bits per heavy atom. The third-order valence-electron chi connectivity index (χ3n) is 3.81. The Kier molecular flexibility index (Phi) is 11.9. The van der Waals surface area contributed by atoms with Crippen molar-refractivity contribution in [3.63, 3.8) is 0 Å². The highest BCUT2D eigenvalue weighted by Gasteiger charge is 2.13. The zero-order chi connectivity index (χ0) is 19.2. The Morgan fingerprint density at radius 2 is 1.56 bits per heavy atom. The van der Waals surface area contributed by atoms with Crippen LogP contribution in [0.15, 0.2) is 60.9 Å². The number of benzene rings is 2. The van der Waals surface area contributed by atoms with E-state index in [2.05, 4.69) is 44.2 Å². The molecule has 0 heterocycles. The number of hydrogen-bond donors (Lipinski definition) is 2. The summed E-state index contributed by atoms with van der Waals surface area (Å²) in [4.78, 5) is 0. The lowest BCUT2D eigenvalue weighted by Crippen LogP contribution is -2.26. The van der Waals surface area contributed by atoms with Crippen molar-refractivity contribution in [2.24, 2.45) is 11.6 Å². The highest BCUT2D eigenvalue weighted by Crippen LogP contribution is 2.33. The molecule has 25 heavy (non-hydrogen) atoms. The van der Waals surface area contributed by atoms with Crippen LogP contribution in [0.1, 0.15) is 59.4 Å². The third kappa shape index (κ3) is 6.63. The molecule has 138 valence electrons. The molecule has 2 aromatic rings. The maximum atomic E-state index is 6.11. The van der Waals surface area contributed by atoms with E-state index >= 15 is 0 Å². The van der Waals surface area contributed by atoms with E-state index in [0.29, 0.717) is 5.92 Å². The van der Waals surface area contributed by atoms with Crippen LogP contribution in [0.5, 0.6) is 0 Å². The van der Waals surface area contributed by atoms with Gasteiger partial charge < -0.3 is 5.73 Å². The summed E-state index contributed by atoms with van der Waals surface area (Å²) in [6, 6.07) is 16.7. The normalized spacial score (nSPS) is 11.0. The first-order chi connectivity index (χ1) is 12.2. The first kappa shape index (κ1) is 22.7. The van der Waals surface area contributed by atoms with E-state index in [1.54, 1.807) is 11.2 Å². The SMILES string of the molecule is CC.CC.CCC(C)c1ccc(-c2ccccc2)cc1N(N)/C=C\N. The highest BCUT2D eigenvalue weighted by molar-refractivity contribution is 5.71. The van der Waals surface area contributed by atoms with Crippen molar-refractivity contribution >= 4 is 5.69 Å². The van der Waals surface area contributed by atoms with Gasteiger partial charge in [0.15, 0.2) is 0 Å². The van der Waals surface area contributed by atoms with E-state index in [-0.39, 0.29) is 0 Å². The fourth-order valence-corrected chi connectivity index (χ4v) is 2.39. The van der Waals surface area contributed by atoms with Gasteiger partial charge in [0.25, 0.3) is 0 Å². The van der Waals surface area contributed by atoms with Crippen LogP contribution in [-0.2, 0) is 0 Å². The Bertz CT molecular complexity index is 606. The number of hydrazine groups is 1. The summed E-state index contributed by atoms with van der Waals surface area (Å²) >= 11 is 0. The second-order valence-electron chi connectivity index (χ2n) is 5.20. The predicted octanol–water partition coefficient (Wildman–Crippen LogP) is 6.03. The first-order valence-electron chi connectivity index (χ1n) is 9.29. The number of nitrogens with zero attached hydrogens (tertiary/aromatic N) is 1. The molecule has 2 rings (SSSR count). The van der Waals surface area contributed by atoms with Crippen molar-refractivity contribution in [2.45, 2.75) is 53.9 Å². The van der Waals surface area contributed by atoms with Crippen molar-refractivity contribution in [3.8, 4) is 11.1 Å². The standard InChI is InChI=1S/C18H23N3.2C2H6/c1-3-14(2)17-10-9-16(15-7-5-4-6-8-15)13-18(17)21(20)12-11-19;2*1-2/h4-14H,3,19-20H2,1-2H3;2*1-2H3/b12-11-;;. The molecule has 0 aliphatic rings. The van der Waals surface area contributed by atoms with Crippen LogP contribution in [0.4, 0.5) is 5.69 Å². The van der Waals surface area contributed by atoms with Crippen LogP contribution in [-0.4, -0.2) is 0 Å². The summed E-state index contributed by atoms with van der Waals surface area (Å²) in [6.07, 6.45) is 4.20. The van der Waals surface area contributed by atoms with Crippen LogP contribution in [0.2, 0.25) is 0 Å². The van der Waals surface area contributed by atoms with E-state index in [0.717, 1.165) is 17.7 Å². The molecule has 0 aliphatic heterocycles. The maximum Gasteiger partial charge on any atom is 0.0609 e. The maximum absolute atomic E-state index is 6.11. The molecular weight excluding hydrogens is 306 g/mol. The Morgan fingerprint density at radius 1 is 0.960 bits per heavy atom. The molecule has 3 heteroatoms. The van der Waals surface area contributed by atoms with Gasteiger partial charge in [-0.25, -0.2) is 5.84 Å². The van der Waals surface area contributed by atoms with Gasteiger partial charge in [-0.3, -0.25) is 5.01 Å². The number of rotatable bonds is 5. The zero-order valence-corrected chi connectivity index (χ0v) is 16.7. The van der Waals surface area contributed by atoms with Gasteiger partial charge in [-0.05, 0) is 35.1 Å². The minimum atomic E-state index is 0.446. The molecule has 2 aromatic carbocycles. The molecule has 0 saturated heterocycles. The lowest BCUT2D eigenvalue weighted by Gasteiger charge is -2.22. The van der Waals surface area contributed by atoms with E-state index in [1.165, 1.54) is 17.3 Å². The molecule has 0 radical (unpaired) electrons. The quantitative estimate of drug-likeness (QED) is 0.515. The van der Waals surface area contributed by atoms with Crippen molar-refractivity contribution in [1.82, 2.24) is 0 Å². The van der Waals surface area contributed by atoms with Gasteiger partial charge in [-0.15, -0.1) is 0 Å². The first-order valence-corrected chi connectivity index (χ1v) is 9.29. The lowest BCUT2D eigenvalue weighted by atomic mass is 9.93. The minimum absolute atomic E-state index is 0.446. The van der Waals surface area contributed by atoms with Crippen molar-refractivity contribution in [3.05, 3.63) is 66.5 Å². The summed E-state index contributed by atoms with van der Waals surface area (Å²) in [7, 11) is 0. The molecule has 0 aliphatic carbocycles. The molecule has 0 bridgehead atoms. The van der Waals surface area contributed by atoms with Crippen molar-refractivity contribution in [1.29, 1.82) is 0 Å². The van der Waals surface area contributed by atoms with Crippen LogP contribution in [0.25, 0.3) is 11.1 Å². The van der Waals surface area contributed by atoms with Gasteiger partial charge in [0, 0.05) is 12.4 Å². The van der Waals surface area contributed by atoms with Gasteiger partial charge in [0.2, 0.25) is 0 Å². The van der Waals surface area contributed by atoms with Gasteiger partial charge in [-0.1, -0.05) is 84.0 Å². The summed E-state index contributed by atoms with van der Waals surface area (Å²) in [5.74, 6) is 6.56. The Hall–Kier alpha value is -2.26. The van der Waals surface area contributed by atoms with Gasteiger partial charge in [-0.2, -0.15) is 0 Å². The van der Waals surface area contributed by atoms with Crippen LogP contribution in [0, 0.1) is 0 Å². The van der Waals surface area contributed by atoms with E-state index in [1.807, 2.05) is 45.9 Å². The minimum Gasteiger partial charge on any atom is -0.403 e. The van der Waals surface area contributed by atoms with E-state index in [4.69, 9.17) is 11.6 Å². The molecule has 0 aromatic heterocycles. The Balaban J connectivity index is 0.00000134. The summed E-state index contributed by atoms with van der Waals surface area (Å²) in [5.41, 5.74) is 10.0. The van der Waals surface area contributed by atoms with Gasteiger partial charge in [0.1, 0.15) is 0 Å². The number of hydrogen-bond acceptors (Lipinski definition) is 3. The third-order valence-corrected chi connectivity index (χ3v) is 3.81. The van der Waals surface area contributed by atoms with Gasteiger partial charge >= 0.3 is 0 Å². The smallest absolute Gasteiger partial charge is 0.0609 e. The lowest BCUT2D eigenvalue weighted by molar-refractivity contribution is 0.731. The average Bonchev–Trinajstić information content (AvgIpc) is 2.71. The largest absolute Gasteiger partial charge is 0.403 e. The number of anilines is 1. The van der Waals surface area contributed by atoms with Crippen LogP contribution < -0.4 is 16.6 Å². The molecular formula is C22H35N3. The monoisotopic (exact) mass is 341 g/mol. The fourth-order valence-electron chi connectivity index (χ4n) is 2.39. The van der Waals surface area contributed by atoms with Crippen molar-refractivity contribution in [2.75, 3.05) is 5.01 Å². The van der Waals surface area contributed by atoms with Crippen LogP contribution in [0.3, 0.4) is 0 Å². The Labute approximate surface area is 154 Å². The van der Waals surface area contributed by atoms with Gasteiger partial charge in [0.05, 0.1) is 5.69 Å². The molecule has 3 nitrogen and oxygen atoms in total. The molecule has 1 unspecified atom stereocenters. The summed E-state index contributed by atoms with van der Waals surface area (Å²) in [5, 5.41) is 1.59. The van der Waals surface area contributed by atoms with E-state index < -0.39 is 0 Å². The second kappa shape index (κ2) is 13.1. The molecule has 0 spiro atoms. The predicted molar refractivity (Wildman–Crippen MR) is 113 cm³/mol. The summed E-state index contributed by atoms with van der Waals surface area (Å²) in [6.45, 7) is 12.4. The highest BCUT2D eigenvalue weighted by atomic mass is 15.4. The average molecular weight is 342 g/mol. The molecule has 0 saturated carbocycles. The topological polar surface area (TPSA) is 55.3 Å². The fraction of sp³-hybridized carbons (Fsp3) is 0.364. The number of nitrogens with two attached hydrogens (primary N) is 2. The summed E-state index contributed by atoms with van der Waals surface area (Å²) < 4.78 is 0. The van der Waals surface area contributed by atoms with Crippen molar-refractivity contribution < 1.29 is 0 Å². The van der Waals surface area contributed by atoms with Crippen LogP contribution >= 0.6 is 0 Å². The molecule has 1 atom stereocenters. The zero-order valence-electron chi connectivity index (χ0n) is 16.7. The molecule has 0 fully saturated rings. The molecule has 0 amide bonds. The second-order valence-corrected chi connectivity index (χ2v) is 5.20. The van der Waals surface area contributed by atoms with E-state index in [9.17, 15) is 0 Å². The molecule has 4 N–H and O–H groups in total.